The molecule has 1 aromatic heterocycles. The van der Waals surface area contributed by atoms with Gasteiger partial charge in [-0.15, -0.1) is 0 Å². The van der Waals surface area contributed by atoms with Crippen molar-refractivity contribution >= 4 is 10.9 Å². The molecule has 88 valence electrons. The Bertz CT molecular complexity index is 521. The van der Waals surface area contributed by atoms with E-state index in [9.17, 15) is 0 Å². The van der Waals surface area contributed by atoms with Gasteiger partial charge in [-0.25, -0.2) is 0 Å². The molecule has 0 bridgehead atoms. The summed E-state index contributed by atoms with van der Waals surface area (Å²) in [5.41, 5.74) is 2.58. The number of hydrogen-bond donors (Lipinski definition) is 1. The molecule has 3 rings (SSSR count). The number of nitrogens with one attached hydrogen (secondary N) is 1. The zero-order valence-electron chi connectivity index (χ0n) is 10.2. The standard InChI is InChI=1S/C15H18N2/c1-2-16-10-13-9-14(13)11-5-6-15-12(8-11)4-3-7-17-15/h3-8,13-14,16H,2,9-10H2,1H3. The highest BCUT2D eigenvalue weighted by Gasteiger charge is 2.37. The van der Waals surface area contributed by atoms with Gasteiger partial charge in [0.05, 0.1) is 5.52 Å². The van der Waals surface area contributed by atoms with Crippen molar-refractivity contribution in [3.05, 3.63) is 42.1 Å². The van der Waals surface area contributed by atoms with Crippen molar-refractivity contribution in [1.82, 2.24) is 10.3 Å². The summed E-state index contributed by atoms with van der Waals surface area (Å²) < 4.78 is 0. The molecule has 2 unspecified atom stereocenters. The number of aromatic nitrogens is 1. The maximum atomic E-state index is 4.36. The minimum absolute atomic E-state index is 0.763. The number of nitrogens with zero attached hydrogens (tertiary/aromatic N) is 1. The average Bonchev–Trinajstić information content (AvgIpc) is 3.15. The van der Waals surface area contributed by atoms with E-state index in [2.05, 4.69) is 41.5 Å². The normalized spacial score (nSPS) is 22.9. The van der Waals surface area contributed by atoms with Crippen LogP contribution in [0.3, 0.4) is 0 Å². The van der Waals surface area contributed by atoms with Gasteiger partial charge in [0.1, 0.15) is 0 Å². The molecular weight excluding hydrogens is 208 g/mol. The van der Waals surface area contributed by atoms with Crippen LogP contribution in [0, 0.1) is 5.92 Å². The minimum Gasteiger partial charge on any atom is -0.317 e. The first kappa shape index (κ1) is 10.7. The Morgan fingerprint density at radius 2 is 2.29 bits per heavy atom. The lowest BCUT2D eigenvalue weighted by Gasteiger charge is -2.03. The van der Waals surface area contributed by atoms with Crippen LogP contribution in [0.2, 0.25) is 0 Å². The molecule has 17 heavy (non-hydrogen) atoms. The summed E-state index contributed by atoms with van der Waals surface area (Å²) in [7, 11) is 0. The monoisotopic (exact) mass is 226 g/mol. The van der Waals surface area contributed by atoms with Gasteiger partial charge in [0.15, 0.2) is 0 Å². The molecule has 2 atom stereocenters. The van der Waals surface area contributed by atoms with Crippen LogP contribution in [0.5, 0.6) is 0 Å². The Hall–Kier alpha value is -1.41. The fourth-order valence-electron chi connectivity index (χ4n) is 2.54. The third-order valence-electron chi connectivity index (χ3n) is 3.63. The summed E-state index contributed by atoms with van der Waals surface area (Å²) in [6.07, 6.45) is 3.19. The second-order valence-electron chi connectivity index (χ2n) is 4.87. The summed E-state index contributed by atoms with van der Waals surface area (Å²) in [6, 6.07) is 10.8. The van der Waals surface area contributed by atoms with E-state index in [1.807, 2.05) is 12.3 Å². The Balaban J connectivity index is 1.78. The van der Waals surface area contributed by atoms with Crippen molar-refractivity contribution in [2.45, 2.75) is 19.3 Å². The molecule has 0 radical (unpaired) electrons. The van der Waals surface area contributed by atoms with E-state index in [1.165, 1.54) is 17.4 Å². The predicted molar refractivity (Wildman–Crippen MR) is 71.1 cm³/mol. The van der Waals surface area contributed by atoms with Crippen LogP contribution in [-0.2, 0) is 0 Å². The van der Waals surface area contributed by atoms with E-state index in [-0.39, 0.29) is 0 Å². The van der Waals surface area contributed by atoms with Gasteiger partial charge in [0.25, 0.3) is 0 Å². The summed E-state index contributed by atoms with van der Waals surface area (Å²) in [5.74, 6) is 1.60. The smallest absolute Gasteiger partial charge is 0.0702 e. The van der Waals surface area contributed by atoms with Crippen molar-refractivity contribution in [1.29, 1.82) is 0 Å². The van der Waals surface area contributed by atoms with Gasteiger partial charge in [-0.3, -0.25) is 4.98 Å². The molecule has 1 saturated carbocycles. The van der Waals surface area contributed by atoms with Gasteiger partial charge >= 0.3 is 0 Å². The summed E-state index contributed by atoms with van der Waals surface area (Å²) >= 11 is 0. The third-order valence-corrected chi connectivity index (χ3v) is 3.63. The van der Waals surface area contributed by atoms with Crippen LogP contribution in [0.4, 0.5) is 0 Å². The highest BCUT2D eigenvalue weighted by Crippen LogP contribution is 2.47. The zero-order chi connectivity index (χ0) is 11.7. The summed E-state index contributed by atoms with van der Waals surface area (Å²) in [5, 5.41) is 4.70. The molecule has 1 aromatic carbocycles. The van der Waals surface area contributed by atoms with Crippen molar-refractivity contribution < 1.29 is 0 Å². The van der Waals surface area contributed by atoms with E-state index in [0.717, 1.165) is 30.4 Å². The molecule has 1 aliphatic carbocycles. The lowest BCUT2D eigenvalue weighted by atomic mass is 10.1. The molecule has 1 fully saturated rings. The number of pyridine rings is 1. The molecule has 1 N–H and O–H groups in total. The van der Waals surface area contributed by atoms with Crippen molar-refractivity contribution in [2.75, 3.05) is 13.1 Å². The fraction of sp³-hybridized carbons (Fsp3) is 0.400. The number of benzene rings is 1. The second-order valence-corrected chi connectivity index (χ2v) is 4.87. The third kappa shape index (κ3) is 2.18. The average molecular weight is 226 g/mol. The van der Waals surface area contributed by atoms with Gasteiger partial charge in [-0.2, -0.15) is 0 Å². The SMILES string of the molecule is CCNCC1CC1c1ccc2ncccc2c1. The van der Waals surface area contributed by atoms with Crippen molar-refractivity contribution in [2.24, 2.45) is 5.92 Å². The largest absolute Gasteiger partial charge is 0.317 e. The van der Waals surface area contributed by atoms with Gasteiger partial charge < -0.3 is 5.32 Å². The number of hydrogen-bond acceptors (Lipinski definition) is 2. The Kier molecular flexibility index (Phi) is 2.81. The molecule has 1 heterocycles. The highest BCUT2D eigenvalue weighted by molar-refractivity contribution is 5.79. The van der Waals surface area contributed by atoms with Gasteiger partial charge in [0.2, 0.25) is 0 Å². The first-order valence-electron chi connectivity index (χ1n) is 6.44. The molecule has 2 heteroatoms. The number of rotatable bonds is 4. The highest BCUT2D eigenvalue weighted by atomic mass is 14.9. The first-order valence-corrected chi connectivity index (χ1v) is 6.44. The second kappa shape index (κ2) is 4.46. The molecule has 2 nitrogen and oxygen atoms in total. The first-order chi connectivity index (χ1) is 8.38. The van der Waals surface area contributed by atoms with E-state index in [1.54, 1.807) is 0 Å². The van der Waals surface area contributed by atoms with Gasteiger partial charge in [-0.05, 0) is 55.1 Å². The molecular formula is C15H18N2. The Labute approximate surface area is 102 Å². The minimum atomic E-state index is 0.763. The molecule has 0 spiro atoms. The van der Waals surface area contributed by atoms with Crippen LogP contribution in [-0.4, -0.2) is 18.1 Å². The topological polar surface area (TPSA) is 24.9 Å². The predicted octanol–water partition coefficient (Wildman–Crippen LogP) is 2.95. The van der Waals surface area contributed by atoms with Gasteiger partial charge in [0, 0.05) is 11.6 Å². The molecule has 0 aliphatic heterocycles. The van der Waals surface area contributed by atoms with Crippen LogP contribution in [0.15, 0.2) is 36.5 Å². The van der Waals surface area contributed by atoms with E-state index < -0.39 is 0 Å². The van der Waals surface area contributed by atoms with Gasteiger partial charge in [-0.1, -0.05) is 19.1 Å². The summed E-state index contributed by atoms with van der Waals surface area (Å²) in [4.78, 5) is 4.36. The summed E-state index contributed by atoms with van der Waals surface area (Å²) in [6.45, 7) is 4.40. The van der Waals surface area contributed by atoms with Crippen molar-refractivity contribution in [3.63, 3.8) is 0 Å². The molecule has 2 aromatic rings. The van der Waals surface area contributed by atoms with Crippen molar-refractivity contribution in [3.8, 4) is 0 Å². The molecule has 0 amide bonds. The van der Waals surface area contributed by atoms with E-state index in [4.69, 9.17) is 0 Å². The maximum Gasteiger partial charge on any atom is 0.0702 e. The van der Waals surface area contributed by atoms with E-state index in [0.29, 0.717) is 0 Å². The lowest BCUT2D eigenvalue weighted by Crippen LogP contribution is -2.16. The zero-order valence-corrected chi connectivity index (χ0v) is 10.2. The fourth-order valence-corrected chi connectivity index (χ4v) is 2.54. The van der Waals surface area contributed by atoms with Crippen LogP contribution in [0.25, 0.3) is 10.9 Å². The number of fused-ring (bicyclic) bond motifs is 1. The van der Waals surface area contributed by atoms with Crippen LogP contribution in [0.1, 0.15) is 24.8 Å². The lowest BCUT2D eigenvalue weighted by molar-refractivity contribution is 0.649. The van der Waals surface area contributed by atoms with Crippen LogP contribution >= 0.6 is 0 Å². The quantitative estimate of drug-likeness (QED) is 0.867. The Morgan fingerprint density at radius 3 is 3.18 bits per heavy atom. The van der Waals surface area contributed by atoms with E-state index >= 15 is 0 Å². The maximum absolute atomic E-state index is 4.36. The Morgan fingerprint density at radius 1 is 1.35 bits per heavy atom. The van der Waals surface area contributed by atoms with Crippen LogP contribution < -0.4 is 5.32 Å². The molecule has 1 aliphatic rings. The molecule has 0 saturated heterocycles.